The van der Waals surface area contributed by atoms with Crippen molar-refractivity contribution in [2.24, 2.45) is 5.92 Å². The summed E-state index contributed by atoms with van der Waals surface area (Å²) in [6.07, 6.45) is 7.81. The Morgan fingerprint density at radius 2 is 2.08 bits per heavy atom. The van der Waals surface area contributed by atoms with Gasteiger partial charge in [0.25, 0.3) is 0 Å². The molecule has 3 heterocycles. The zero-order chi connectivity index (χ0) is 16.4. The minimum Gasteiger partial charge on any atom is -0.340 e. The summed E-state index contributed by atoms with van der Waals surface area (Å²) >= 11 is 1.73. The van der Waals surface area contributed by atoms with E-state index in [2.05, 4.69) is 37.3 Å². The Hall–Kier alpha value is -1.95. The molecule has 2 aromatic heterocycles. The third kappa shape index (κ3) is 3.43. The zero-order valence-corrected chi connectivity index (χ0v) is 14.5. The van der Waals surface area contributed by atoms with Gasteiger partial charge < -0.3 is 9.80 Å². The average molecular weight is 342 g/mol. The highest BCUT2D eigenvalue weighted by atomic mass is 32.1. The van der Waals surface area contributed by atoms with E-state index in [4.69, 9.17) is 0 Å². The van der Waals surface area contributed by atoms with Crippen molar-refractivity contribution >= 4 is 23.2 Å². The summed E-state index contributed by atoms with van der Waals surface area (Å²) in [5, 5.41) is 2.08. The second-order valence-corrected chi connectivity index (χ2v) is 7.64. The van der Waals surface area contributed by atoms with Crippen LogP contribution < -0.4 is 4.90 Å². The minimum atomic E-state index is 0.0584. The van der Waals surface area contributed by atoms with Crippen molar-refractivity contribution in [2.45, 2.75) is 38.3 Å². The lowest BCUT2D eigenvalue weighted by atomic mass is 9.96. The molecule has 1 aliphatic carbocycles. The highest BCUT2D eigenvalue weighted by Gasteiger charge is 2.37. The lowest BCUT2D eigenvalue weighted by molar-refractivity contribution is -0.137. The van der Waals surface area contributed by atoms with Gasteiger partial charge in [0.2, 0.25) is 11.9 Å². The van der Waals surface area contributed by atoms with Gasteiger partial charge >= 0.3 is 0 Å². The molecule has 0 aromatic carbocycles. The van der Waals surface area contributed by atoms with Gasteiger partial charge in [-0.15, -0.1) is 11.3 Å². The second kappa shape index (κ2) is 6.89. The summed E-state index contributed by atoms with van der Waals surface area (Å²) in [6, 6.07) is 6.46. The van der Waals surface area contributed by atoms with Gasteiger partial charge in [-0.3, -0.25) is 4.79 Å². The van der Waals surface area contributed by atoms with Gasteiger partial charge in [-0.2, -0.15) is 0 Å². The van der Waals surface area contributed by atoms with E-state index >= 15 is 0 Å². The summed E-state index contributed by atoms with van der Waals surface area (Å²) in [5.74, 6) is 1.11. The molecule has 1 aliphatic heterocycles. The summed E-state index contributed by atoms with van der Waals surface area (Å²) < 4.78 is 0. The number of piperidine rings is 1. The van der Waals surface area contributed by atoms with E-state index in [9.17, 15) is 4.79 Å². The maximum absolute atomic E-state index is 13.1. The van der Waals surface area contributed by atoms with Gasteiger partial charge in [0, 0.05) is 36.4 Å². The summed E-state index contributed by atoms with van der Waals surface area (Å²) in [5.41, 5.74) is 0. The Balaban J connectivity index is 1.46. The normalized spacial score (nSPS) is 20.8. The molecule has 0 bridgehead atoms. The van der Waals surface area contributed by atoms with E-state index < -0.39 is 0 Å². The van der Waals surface area contributed by atoms with Crippen LogP contribution in [0.3, 0.4) is 0 Å². The Labute approximate surface area is 146 Å². The summed E-state index contributed by atoms with van der Waals surface area (Å²) in [6.45, 7) is 2.43. The van der Waals surface area contributed by atoms with Crippen LogP contribution in [0.25, 0.3) is 0 Å². The number of hydrogen-bond donors (Lipinski definition) is 0. The first-order valence-corrected chi connectivity index (χ1v) is 9.54. The maximum Gasteiger partial charge on any atom is 0.228 e. The van der Waals surface area contributed by atoms with Crippen LogP contribution in [-0.2, 0) is 11.3 Å². The van der Waals surface area contributed by atoms with Gasteiger partial charge in [0.05, 0.1) is 12.5 Å². The number of anilines is 1. The number of rotatable bonds is 5. The predicted molar refractivity (Wildman–Crippen MR) is 94.9 cm³/mol. The Morgan fingerprint density at radius 1 is 1.25 bits per heavy atom. The lowest BCUT2D eigenvalue weighted by Gasteiger charge is -2.35. The molecule has 1 unspecified atom stereocenters. The zero-order valence-electron chi connectivity index (χ0n) is 13.7. The first-order valence-electron chi connectivity index (χ1n) is 8.66. The molecule has 1 atom stereocenters. The van der Waals surface area contributed by atoms with Gasteiger partial charge in [-0.25, -0.2) is 9.97 Å². The van der Waals surface area contributed by atoms with Crippen LogP contribution >= 0.6 is 11.3 Å². The molecule has 1 amide bonds. The number of carbonyl (C=O) groups excluding carboxylic acids is 1. The molecular formula is C18H22N4OS. The molecule has 126 valence electrons. The first kappa shape index (κ1) is 15.6. The van der Waals surface area contributed by atoms with E-state index in [1.54, 1.807) is 23.7 Å². The van der Waals surface area contributed by atoms with Gasteiger partial charge in [0.15, 0.2) is 0 Å². The van der Waals surface area contributed by atoms with Crippen molar-refractivity contribution < 1.29 is 4.79 Å². The molecule has 6 heteroatoms. The fourth-order valence-corrected chi connectivity index (χ4v) is 4.10. The Kier molecular flexibility index (Phi) is 4.47. The fraction of sp³-hybridized carbons (Fsp3) is 0.500. The van der Waals surface area contributed by atoms with Gasteiger partial charge in [0.1, 0.15) is 0 Å². The molecule has 5 nitrogen and oxygen atoms in total. The number of nitrogens with zero attached hydrogens (tertiary/aromatic N) is 4. The van der Waals surface area contributed by atoms with Gasteiger partial charge in [-0.1, -0.05) is 6.07 Å². The van der Waals surface area contributed by atoms with Crippen molar-refractivity contribution in [2.75, 3.05) is 18.0 Å². The van der Waals surface area contributed by atoms with Gasteiger partial charge in [-0.05, 0) is 43.2 Å². The molecule has 4 rings (SSSR count). The van der Waals surface area contributed by atoms with Crippen LogP contribution in [0.2, 0.25) is 0 Å². The van der Waals surface area contributed by atoms with Crippen LogP contribution in [-0.4, -0.2) is 39.9 Å². The maximum atomic E-state index is 13.1. The molecule has 24 heavy (non-hydrogen) atoms. The highest BCUT2D eigenvalue weighted by molar-refractivity contribution is 7.09. The Morgan fingerprint density at radius 3 is 2.79 bits per heavy atom. The molecule has 2 aliphatic rings. The molecular weight excluding hydrogens is 320 g/mol. The number of hydrogen-bond acceptors (Lipinski definition) is 5. The molecule has 0 radical (unpaired) electrons. The van der Waals surface area contributed by atoms with Crippen molar-refractivity contribution in [1.29, 1.82) is 0 Å². The largest absolute Gasteiger partial charge is 0.340 e. The number of amides is 1. The van der Waals surface area contributed by atoms with E-state index in [0.29, 0.717) is 11.9 Å². The molecule has 0 spiro atoms. The predicted octanol–water partition coefficient (Wildman–Crippen LogP) is 2.95. The summed E-state index contributed by atoms with van der Waals surface area (Å²) in [4.78, 5) is 27.4. The molecule has 1 saturated carbocycles. The SMILES string of the molecule is O=C(C1CCCN(c2ncccn2)C1)N(Cc1cccs1)C1CC1. The molecule has 0 N–H and O–H groups in total. The van der Waals surface area contributed by atoms with E-state index in [1.807, 2.05) is 6.07 Å². The number of aromatic nitrogens is 2. The number of carbonyl (C=O) groups is 1. The van der Waals surface area contributed by atoms with Crippen LogP contribution in [0.4, 0.5) is 5.95 Å². The second-order valence-electron chi connectivity index (χ2n) is 6.61. The first-order chi connectivity index (χ1) is 11.8. The van der Waals surface area contributed by atoms with Crippen molar-refractivity contribution in [3.63, 3.8) is 0 Å². The molecule has 1 saturated heterocycles. The Bertz CT molecular complexity index is 672. The van der Waals surface area contributed by atoms with E-state index in [1.165, 1.54) is 4.88 Å². The summed E-state index contributed by atoms with van der Waals surface area (Å²) in [7, 11) is 0. The quantitative estimate of drug-likeness (QED) is 0.838. The van der Waals surface area contributed by atoms with Crippen LogP contribution in [0.1, 0.15) is 30.6 Å². The minimum absolute atomic E-state index is 0.0584. The highest BCUT2D eigenvalue weighted by Crippen LogP contribution is 2.32. The monoisotopic (exact) mass is 342 g/mol. The van der Waals surface area contributed by atoms with Crippen LogP contribution in [0.15, 0.2) is 36.0 Å². The topological polar surface area (TPSA) is 49.3 Å². The van der Waals surface area contributed by atoms with Crippen molar-refractivity contribution in [3.8, 4) is 0 Å². The molecule has 2 aromatic rings. The molecule has 2 fully saturated rings. The van der Waals surface area contributed by atoms with Crippen molar-refractivity contribution in [1.82, 2.24) is 14.9 Å². The fourth-order valence-electron chi connectivity index (χ4n) is 3.39. The van der Waals surface area contributed by atoms with Crippen LogP contribution in [0, 0.1) is 5.92 Å². The van der Waals surface area contributed by atoms with E-state index in [0.717, 1.165) is 51.3 Å². The van der Waals surface area contributed by atoms with Crippen molar-refractivity contribution in [3.05, 3.63) is 40.8 Å². The smallest absolute Gasteiger partial charge is 0.228 e. The number of thiophene rings is 1. The van der Waals surface area contributed by atoms with Crippen LogP contribution in [0.5, 0.6) is 0 Å². The standard InChI is InChI=1S/C18H22N4OS/c23-17(22(15-6-7-15)13-16-5-2-11-24-16)14-4-1-10-21(12-14)18-19-8-3-9-20-18/h2-3,5,8-9,11,14-15H,1,4,6-7,10,12-13H2. The third-order valence-corrected chi connectivity index (χ3v) is 5.64. The van der Waals surface area contributed by atoms with E-state index in [-0.39, 0.29) is 5.92 Å². The lowest BCUT2D eigenvalue weighted by Crippen LogP contribution is -2.45. The third-order valence-electron chi connectivity index (χ3n) is 4.78. The average Bonchev–Trinajstić information content (AvgIpc) is 3.36.